The molecule has 0 radical (unpaired) electrons. The molecule has 3 aromatic rings. The van der Waals surface area contributed by atoms with E-state index in [0.29, 0.717) is 16.7 Å². The van der Waals surface area contributed by atoms with Crippen molar-refractivity contribution in [2.45, 2.75) is 44.9 Å². The predicted molar refractivity (Wildman–Crippen MR) is 131 cm³/mol. The van der Waals surface area contributed by atoms with Crippen LogP contribution >= 0.6 is 0 Å². The van der Waals surface area contributed by atoms with E-state index in [0.717, 1.165) is 0 Å². The number of nitrogen functional groups attached to an aromatic ring is 1. The van der Waals surface area contributed by atoms with E-state index in [1.807, 2.05) is 33.8 Å². The molecule has 1 amide bonds. The van der Waals surface area contributed by atoms with E-state index >= 15 is 4.39 Å². The van der Waals surface area contributed by atoms with Crippen molar-refractivity contribution < 1.29 is 23.6 Å². The lowest BCUT2D eigenvalue weighted by atomic mass is 9.85. The minimum Gasteiger partial charge on any atom is -0.398 e. The van der Waals surface area contributed by atoms with Gasteiger partial charge in [-0.15, -0.1) is 0 Å². The second-order valence-electron chi connectivity index (χ2n) is 9.43. The van der Waals surface area contributed by atoms with Gasteiger partial charge in [0.25, 0.3) is 5.91 Å². The van der Waals surface area contributed by atoms with Crippen LogP contribution in [-0.4, -0.2) is 45.9 Å². The summed E-state index contributed by atoms with van der Waals surface area (Å²) >= 11 is 0. The molecule has 2 heterocycles. The topological polar surface area (TPSA) is 120 Å². The molecule has 0 saturated carbocycles. The van der Waals surface area contributed by atoms with Gasteiger partial charge in [-0.2, -0.15) is 0 Å². The summed E-state index contributed by atoms with van der Waals surface area (Å²) in [6.07, 6.45) is 1.47. The normalized spacial score (nSPS) is 17.3. The molecule has 1 aliphatic rings. The average molecular weight is 478 g/mol. The number of nitrogens with one attached hydrogen (secondary N) is 1. The van der Waals surface area contributed by atoms with Gasteiger partial charge in [-0.05, 0) is 45.4 Å². The number of carbonyl (C=O) groups excluding carboxylic acids is 1. The number of nitrogens with zero attached hydrogens (tertiary/aromatic N) is 2. The number of amides is 1. The molecule has 8 nitrogen and oxygen atoms in total. The van der Waals surface area contributed by atoms with Crippen molar-refractivity contribution in [3.63, 3.8) is 0 Å². The van der Waals surface area contributed by atoms with Gasteiger partial charge < -0.3 is 25.5 Å². The summed E-state index contributed by atoms with van der Waals surface area (Å²) in [5.41, 5.74) is 6.46. The van der Waals surface area contributed by atoms with E-state index in [1.165, 1.54) is 18.3 Å². The van der Waals surface area contributed by atoms with Crippen LogP contribution < -0.4 is 16.6 Å². The molecule has 0 aliphatic carbocycles. The highest BCUT2D eigenvalue weighted by Gasteiger charge is 2.52. The molecule has 1 aromatic heterocycles. The molecule has 1 saturated heterocycles. The zero-order chi connectivity index (χ0) is 25.4. The number of rotatable bonds is 6. The van der Waals surface area contributed by atoms with Gasteiger partial charge in [0.1, 0.15) is 17.3 Å². The van der Waals surface area contributed by atoms with E-state index in [1.54, 1.807) is 30.3 Å². The fourth-order valence-corrected chi connectivity index (χ4v) is 3.70. The molecule has 4 rings (SSSR count). The van der Waals surface area contributed by atoms with Crippen LogP contribution in [0.1, 0.15) is 49.7 Å². The maximum Gasteiger partial charge on any atom is 0.516 e. The molecule has 4 N–H and O–H groups in total. The first kappa shape index (κ1) is 24.8. The Morgan fingerprint density at radius 1 is 1.14 bits per heavy atom. The number of anilines is 1. The third-order valence-electron chi connectivity index (χ3n) is 6.49. The maximum absolute atomic E-state index is 15.0. The molecule has 10 heteroatoms. The van der Waals surface area contributed by atoms with Crippen LogP contribution in [0.4, 0.5) is 10.2 Å². The van der Waals surface area contributed by atoms with Gasteiger partial charge >= 0.3 is 7.12 Å². The minimum atomic E-state index is -0.757. The van der Waals surface area contributed by atoms with Crippen LogP contribution in [0, 0.1) is 5.82 Å². The number of aliphatic hydroxyl groups is 1. The molecule has 1 fully saturated rings. The van der Waals surface area contributed by atoms with Gasteiger partial charge in [-0.3, -0.25) is 9.78 Å². The molecule has 0 spiro atoms. The first-order chi connectivity index (χ1) is 16.5. The average Bonchev–Trinajstić information content (AvgIpc) is 3.04. The Morgan fingerprint density at radius 2 is 1.80 bits per heavy atom. The molecule has 1 unspecified atom stereocenters. The summed E-state index contributed by atoms with van der Waals surface area (Å²) in [4.78, 5) is 21.5. The molecular formula is C25H28BFN4O4. The lowest BCUT2D eigenvalue weighted by molar-refractivity contribution is 0.00578. The zero-order valence-corrected chi connectivity index (χ0v) is 20.1. The van der Waals surface area contributed by atoms with Gasteiger partial charge in [-0.1, -0.05) is 36.4 Å². The Kier molecular flexibility index (Phi) is 6.63. The van der Waals surface area contributed by atoms with Crippen LogP contribution in [0.5, 0.6) is 0 Å². The summed E-state index contributed by atoms with van der Waals surface area (Å²) in [7, 11) is -0.754. The van der Waals surface area contributed by atoms with Crippen LogP contribution in [0.3, 0.4) is 0 Å². The molecule has 35 heavy (non-hydrogen) atoms. The summed E-state index contributed by atoms with van der Waals surface area (Å²) < 4.78 is 27.1. The molecular weight excluding hydrogens is 450 g/mol. The van der Waals surface area contributed by atoms with E-state index in [2.05, 4.69) is 15.3 Å². The monoisotopic (exact) mass is 478 g/mol. The lowest BCUT2D eigenvalue weighted by Crippen LogP contribution is -2.41. The maximum atomic E-state index is 15.0. The van der Waals surface area contributed by atoms with E-state index in [4.69, 9.17) is 15.0 Å². The smallest absolute Gasteiger partial charge is 0.398 e. The molecule has 182 valence electrons. The molecule has 1 aliphatic heterocycles. The third kappa shape index (κ3) is 4.91. The van der Waals surface area contributed by atoms with Crippen molar-refractivity contribution in [2.75, 3.05) is 12.3 Å². The largest absolute Gasteiger partial charge is 0.516 e. The Labute approximate surface area is 203 Å². The third-order valence-corrected chi connectivity index (χ3v) is 6.49. The Hall–Kier alpha value is -3.34. The number of carbonyl (C=O) groups is 1. The summed E-state index contributed by atoms with van der Waals surface area (Å²) in [6.45, 7) is 7.38. The highest BCUT2D eigenvalue weighted by Crippen LogP contribution is 2.36. The van der Waals surface area contributed by atoms with E-state index in [9.17, 15) is 9.90 Å². The number of nitrogens with two attached hydrogens (primary N) is 1. The first-order valence-corrected chi connectivity index (χ1v) is 11.3. The van der Waals surface area contributed by atoms with Crippen LogP contribution in [0.2, 0.25) is 0 Å². The fraction of sp³-hybridized carbons (Fsp3) is 0.320. The highest BCUT2D eigenvalue weighted by molar-refractivity contribution is 6.61. The van der Waals surface area contributed by atoms with E-state index in [-0.39, 0.29) is 23.7 Å². The Balaban J connectivity index is 1.58. The number of aliphatic hydroxyl groups excluding tert-OH is 1. The van der Waals surface area contributed by atoms with E-state index < -0.39 is 36.1 Å². The van der Waals surface area contributed by atoms with Gasteiger partial charge in [0, 0.05) is 11.8 Å². The van der Waals surface area contributed by atoms with Crippen molar-refractivity contribution in [1.29, 1.82) is 0 Å². The van der Waals surface area contributed by atoms with Crippen molar-refractivity contribution >= 4 is 24.4 Å². The second kappa shape index (κ2) is 9.37. The summed E-state index contributed by atoms with van der Waals surface area (Å²) in [5.74, 6) is -1.31. The summed E-state index contributed by atoms with van der Waals surface area (Å²) in [6, 6.07) is 12.4. The zero-order valence-electron chi connectivity index (χ0n) is 20.1. The number of benzene rings is 2. The lowest BCUT2D eigenvalue weighted by Gasteiger charge is -2.32. The number of halogens is 1. The molecule has 1 atom stereocenters. The Bertz CT molecular complexity index is 1220. The number of hydrogen-bond acceptors (Lipinski definition) is 7. The van der Waals surface area contributed by atoms with Crippen LogP contribution in [0.25, 0.3) is 11.3 Å². The molecule has 0 bridgehead atoms. The highest BCUT2D eigenvalue weighted by atomic mass is 19.1. The van der Waals surface area contributed by atoms with Crippen molar-refractivity contribution in [1.82, 2.24) is 15.3 Å². The van der Waals surface area contributed by atoms with Gasteiger partial charge in [0.2, 0.25) is 0 Å². The summed E-state index contributed by atoms with van der Waals surface area (Å²) in [5, 5.41) is 12.3. The second-order valence-corrected chi connectivity index (χ2v) is 9.43. The molecule has 2 aromatic carbocycles. The van der Waals surface area contributed by atoms with Gasteiger partial charge in [0.15, 0.2) is 0 Å². The standard InChI is InChI=1S/C25H28BFN4O4/c1-24(2)25(3,4)35-26(34-24)20-13-29-22(28)21(31-20)16-10-11-17(18(27)12-16)23(33)30-19(14-32)15-8-6-5-7-9-15/h5-13,19,32H,14H2,1-4H3,(H2,28,29)(H,30,33). The van der Waals surface area contributed by atoms with Crippen molar-refractivity contribution in [3.05, 3.63) is 71.7 Å². The van der Waals surface area contributed by atoms with Crippen molar-refractivity contribution in [3.8, 4) is 11.3 Å². The van der Waals surface area contributed by atoms with Gasteiger partial charge in [0.05, 0.1) is 35.0 Å². The quantitative estimate of drug-likeness (QED) is 0.466. The van der Waals surface area contributed by atoms with Crippen molar-refractivity contribution in [2.24, 2.45) is 0 Å². The van der Waals surface area contributed by atoms with Gasteiger partial charge in [-0.25, -0.2) is 9.37 Å². The SMILES string of the molecule is CC1(C)OB(c2cnc(N)c(-c3ccc(C(=O)NC(CO)c4ccccc4)c(F)c3)n2)OC1(C)C. The predicted octanol–water partition coefficient (Wildman–Crippen LogP) is 2.63. The fourth-order valence-electron chi connectivity index (χ4n) is 3.70. The van der Waals surface area contributed by atoms with Crippen LogP contribution in [-0.2, 0) is 9.31 Å². The Morgan fingerprint density at radius 3 is 2.40 bits per heavy atom. The number of aromatic nitrogens is 2. The first-order valence-electron chi connectivity index (χ1n) is 11.3. The van der Waals surface area contributed by atoms with Crippen LogP contribution in [0.15, 0.2) is 54.7 Å². The minimum absolute atomic E-state index is 0.103. The number of hydrogen-bond donors (Lipinski definition) is 3.